The molecule has 2 aromatic carbocycles. The Kier molecular flexibility index (Phi) is 5.51. The summed E-state index contributed by atoms with van der Waals surface area (Å²) >= 11 is 5.96. The van der Waals surface area contributed by atoms with Gasteiger partial charge in [0.2, 0.25) is 0 Å². The Morgan fingerprint density at radius 3 is 2.28 bits per heavy atom. The largest absolute Gasteiger partial charge is 0.336 e. The van der Waals surface area contributed by atoms with Crippen LogP contribution < -0.4 is 0 Å². The number of ketones is 1. The molecule has 1 heterocycles. The highest BCUT2D eigenvalue weighted by Crippen LogP contribution is 2.14. The highest BCUT2D eigenvalue weighted by Gasteiger charge is 2.23. The molecular formula is C20H21ClN2O2. The number of aryl methyl sites for hydroxylation is 1. The van der Waals surface area contributed by atoms with E-state index < -0.39 is 0 Å². The average Bonchev–Trinajstić information content (AvgIpc) is 2.62. The first-order valence-corrected chi connectivity index (χ1v) is 8.78. The molecule has 1 saturated heterocycles. The van der Waals surface area contributed by atoms with Gasteiger partial charge in [0.15, 0.2) is 5.78 Å². The zero-order valence-corrected chi connectivity index (χ0v) is 15.0. The fourth-order valence-electron chi connectivity index (χ4n) is 2.95. The summed E-state index contributed by atoms with van der Waals surface area (Å²) in [5, 5.41) is 0.563. The fraction of sp³-hybridized carbons (Fsp3) is 0.300. The zero-order valence-electron chi connectivity index (χ0n) is 14.2. The van der Waals surface area contributed by atoms with E-state index in [0.717, 1.165) is 11.1 Å². The maximum absolute atomic E-state index is 12.5. The Labute approximate surface area is 153 Å². The maximum atomic E-state index is 12.5. The van der Waals surface area contributed by atoms with Gasteiger partial charge in [0.1, 0.15) is 0 Å². The van der Waals surface area contributed by atoms with Crippen molar-refractivity contribution in [2.24, 2.45) is 0 Å². The second-order valence-corrected chi connectivity index (χ2v) is 6.80. The molecule has 0 radical (unpaired) electrons. The summed E-state index contributed by atoms with van der Waals surface area (Å²) in [6.45, 7) is 5.03. The molecule has 5 heteroatoms. The second-order valence-electron chi connectivity index (χ2n) is 6.37. The third-order valence-corrected chi connectivity index (χ3v) is 4.71. The van der Waals surface area contributed by atoms with E-state index in [4.69, 9.17) is 11.6 Å². The lowest BCUT2D eigenvalue weighted by Crippen LogP contribution is -2.49. The molecule has 1 amide bonds. The molecule has 0 saturated carbocycles. The van der Waals surface area contributed by atoms with E-state index in [-0.39, 0.29) is 11.7 Å². The molecule has 0 bridgehead atoms. The Hall–Kier alpha value is -2.17. The standard InChI is InChI=1S/C20H21ClN2O2/c1-15-5-7-16(8-6-15)19(24)14-22-9-11-23(12-10-22)20(25)17-3-2-4-18(21)13-17/h2-8,13H,9-12,14H2,1H3. The highest BCUT2D eigenvalue weighted by atomic mass is 35.5. The van der Waals surface area contributed by atoms with Gasteiger partial charge in [-0.1, -0.05) is 47.5 Å². The van der Waals surface area contributed by atoms with Crippen LogP contribution >= 0.6 is 11.6 Å². The first kappa shape index (κ1) is 17.6. The van der Waals surface area contributed by atoms with Gasteiger partial charge in [0, 0.05) is 42.3 Å². The molecule has 0 spiro atoms. The van der Waals surface area contributed by atoms with E-state index in [1.165, 1.54) is 0 Å². The minimum atomic E-state index is -0.00740. The van der Waals surface area contributed by atoms with E-state index in [9.17, 15) is 9.59 Å². The van der Waals surface area contributed by atoms with Gasteiger partial charge in [-0.05, 0) is 25.1 Å². The van der Waals surface area contributed by atoms with Gasteiger partial charge in [0.05, 0.1) is 6.54 Å². The Morgan fingerprint density at radius 1 is 0.960 bits per heavy atom. The van der Waals surface area contributed by atoms with Gasteiger partial charge in [-0.3, -0.25) is 14.5 Å². The number of benzene rings is 2. The monoisotopic (exact) mass is 356 g/mol. The van der Waals surface area contributed by atoms with Crippen molar-refractivity contribution in [1.82, 2.24) is 9.80 Å². The molecule has 0 unspecified atom stereocenters. The van der Waals surface area contributed by atoms with Gasteiger partial charge < -0.3 is 4.90 Å². The number of nitrogens with zero attached hydrogens (tertiary/aromatic N) is 2. The molecule has 1 aliphatic rings. The van der Waals surface area contributed by atoms with Crippen molar-refractivity contribution in [3.63, 3.8) is 0 Å². The minimum Gasteiger partial charge on any atom is -0.336 e. The average molecular weight is 357 g/mol. The lowest BCUT2D eigenvalue weighted by Gasteiger charge is -2.34. The van der Waals surface area contributed by atoms with Crippen LogP contribution in [0.4, 0.5) is 0 Å². The molecule has 2 aromatic rings. The molecule has 3 rings (SSSR count). The highest BCUT2D eigenvalue weighted by molar-refractivity contribution is 6.30. The van der Waals surface area contributed by atoms with Crippen LogP contribution in [0.15, 0.2) is 48.5 Å². The van der Waals surface area contributed by atoms with Crippen LogP contribution in [0.3, 0.4) is 0 Å². The van der Waals surface area contributed by atoms with Crippen molar-refractivity contribution < 1.29 is 9.59 Å². The van der Waals surface area contributed by atoms with Crippen molar-refractivity contribution in [2.45, 2.75) is 6.92 Å². The van der Waals surface area contributed by atoms with Gasteiger partial charge in [-0.15, -0.1) is 0 Å². The lowest BCUT2D eigenvalue weighted by molar-refractivity contribution is 0.0624. The SMILES string of the molecule is Cc1ccc(C(=O)CN2CCN(C(=O)c3cccc(Cl)c3)CC2)cc1. The molecular weight excluding hydrogens is 336 g/mol. The van der Waals surface area contributed by atoms with Crippen LogP contribution in [0.1, 0.15) is 26.3 Å². The first-order chi connectivity index (χ1) is 12.0. The fourth-order valence-corrected chi connectivity index (χ4v) is 3.14. The van der Waals surface area contributed by atoms with Crippen LogP contribution in [0.5, 0.6) is 0 Å². The number of halogens is 1. The number of hydrogen-bond acceptors (Lipinski definition) is 3. The summed E-state index contributed by atoms with van der Waals surface area (Å²) in [7, 11) is 0. The van der Waals surface area contributed by atoms with Crippen LogP contribution in [0.2, 0.25) is 5.02 Å². The van der Waals surface area contributed by atoms with Crippen LogP contribution in [0.25, 0.3) is 0 Å². The molecule has 25 heavy (non-hydrogen) atoms. The molecule has 1 aliphatic heterocycles. The number of Topliss-reactive ketones (excluding diaryl/α,β-unsaturated/α-hetero) is 1. The van der Waals surface area contributed by atoms with E-state index in [0.29, 0.717) is 43.3 Å². The molecule has 130 valence electrons. The summed E-state index contributed by atoms with van der Waals surface area (Å²) in [6, 6.07) is 14.7. The van der Waals surface area contributed by atoms with Gasteiger partial charge in [-0.25, -0.2) is 0 Å². The molecule has 0 N–H and O–H groups in total. The topological polar surface area (TPSA) is 40.6 Å². The first-order valence-electron chi connectivity index (χ1n) is 8.40. The second kappa shape index (κ2) is 7.81. The van der Waals surface area contributed by atoms with E-state index in [1.807, 2.05) is 36.1 Å². The zero-order chi connectivity index (χ0) is 17.8. The minimum absolute atomic E-state index is 0.00740. The van der Waals surface area contributed by atoms with Crippen molar-refractivity contribution in [3.8, 4) is 0 Å². The number of hydrogen-bond donors (Lipinski definition) is 0. The van der Waals surface area contributed by atoms with Crippen molar-refractivity contribution in [1.29, 1.82) is 0 Å². The van der Waals surface area contributed by atoms with Gasteiger partial charge in [0.25, 0.3) is 5.91 Å². The lowest BCUT2D eigenvalue weighted by atomic mass is 10.1. The smallest absolute Gasteiger partial charge is 0.253 e. The molecule has 0 aromatic heterocycles. The number of carbonyl (C=O) groups excluding carboxylic acids is 2. The Morgan fingerprint density at radius 2 is 1.64 bits per heavy atom. The Bertz CT molecular complexity index is 766. The molecule has 1 fully saturated rings. The summed E-state index contributed by atoms with van der Waals surface area (Å²) in [5.41, 5.74) is 2.49. The predicted molar refractivity (Wildman–Crippen MR) is 99.3 cm³/mol. The van der Waals surface area contributed by atoms with Crippen molar-refractivity contribution >= 4 is 23.3 Å². The predicted octanol–water partition coefficient (Wildman–Crippen LogP) is 3.29. The summed E-state index contributed by atoms with van der Waals surface area (Å²) in [5.74, 6) is 0.113. The van der Waals surface area contributed by atoms with Crippen LogP contribution in [-0.4, -0.2) is 54.2 Å². The van der Waals surface area contributed by atoms with E-state index in [1.54, 1.807) is 24.3 Å². The van der Waals surface area contributed by atoms with Gasteiger partial charge in [-0.2, -0.15) is 0 Å². The normalized spacial score (nSPS) is 15.2. The summed E-state index contributed by atoms with van der Waals surface area (Å²) in [4.78, 5) is 28.8. The summed E-state index contributed by atoms with van der Waals surface area (Å²) < 4.78 is 0. The summed E-state index contributed by atoms with van der Waals surface area (Å²) in [6.07, 6.45) is 0. The quantitative estimate of drug-likeness (QED) is 0.789. The van der Waals surface area contributed by atoms with Crippen LogP contribution in [0, 0.1) is 6.92 Å². The molecule has 4 nitrogen and oxygen atoms in total. The van der Waals surface area contributed by atoms with Crippen molar-refractivity contribution in [2.75, 3.05) is 32.7 Å². The van der Waals surface area contributed by atoms with Crippen molar-refractivity contribution in [3.05, 3.63) is 70.2 Å². The number of carbonyl (C=O) groups is 2. The third kappa shape index (κ3) is 4.47. The van der Waals surface area contributed by atoms with Crippen LogP contribution in [-0.2, 0) is 0 Å². The molecule has 0 atom stereocenters. The number of amides is 1. The number of piperazine rings is 1. The van der Waals surface area contributed by atoms with E-state index >= 15 is 0 Å². The van der Waals surface area contributed by atoms with E-state index in [2.05, 4.69) is 4.90 Å². The third-order valence-electron chi connectivity index (χ3n) is 4.47. The molecule has 0 aliphatic carbocycles. The Balaban J connectivity index is 1.54. The maximum Gasteiger partial charge on any atom is 0.253 e. The van der Waals surface area contributed by atoms with Gasteiger partial charge >= 0.3 is 0 Å². The number of rotatable bonds is 4.